The Morgan fingerprint density at radius 1 is 1.20 bits per heavy atom. The van der Waals surface area contributed by atoms with Gasteiger partial charge in [-0.25, -0.2) is 20.2 Å². The van der Waals surface area contributed by atoms with Gasteiger partial charge in [-0.1, -0.05) is 32.0 Å². The van der Waals surface area contributed by atoms with Crippen molar-refractivity contribution in [2.45, 2.75) is 26.3 Å². The van der Waals surface area contributed by atoms with Crippen molar-refractivity contribution in [3.05, 3.63) is 47.5 Å². The van der Waals surface area contributed by atoms with Crippen LogP contribution in [-0.4, -0.2) is 9.97 Å². The van der Waals surface area contributed by atoms with E-state index in [1.807, 2.05) is 13.8 Å². The second-order valence-corrected chi connectivity index (χ2v) is 4.73. The van der Waals surface area contributed by atoms with Gasteiger partial charge >= 0.3 is 0 Å². The van der Waals surface area contributed by atoms with Gasteiger partial charge in [0.2, 0.25) is 0 Å². The predicted molar refractivity (Wildman–Crippen MR) is 77.7 cm³/mol. The fourth-order valence-corrected chi connectivity index (χ4v) is 2.02. The van der Waals surface area contributed by atoms with E-state index in [2.05, 4.69) is 20.7 Å². The Labute approximate surface area is 117 Å². The van der Waals surface area contributed by atoms with Gasteiger partial charge in [0.25, 0.3) is 0 Å². The highest BCUT2D eigenvalue weighted by Crippen LogP contribution is 2.28. The van der Waals surface area contributed by atoms with Gasteiger partial charge in [-0.05, 0) is 12.0 Å². The molecule has 6 heteroatoms. The van der Waals surface area contributed by atoms with Crippen molar-refractivity contribution < 1.29 is 4.39 Å². The van der Waals surface area contributed by atoms with Crippen molar-refractivity contribution in [3.63, 3.8) is 0 Å². The molecule has 1 heterocycles. The maximum Gasteiger partial charge on any atom is 0.148 e. The number of halogens is 1. The smallest absolute Gasteiger partial charge is 0.148 e. The van der Waals surface area contributed by atoms with Crippen LogP contribution in [-0.2, 0) is 6.54 Å². The fraction of sp³-hybridized carbons (Fsp3) is 0.286. The van der Waals surface area contributed by atoms with Gasteiger partial charge in [-0.3, -0.25) is 0 Å². The number of benzene rings is 1. The number of nitrogens with two attached hydrogens (primary N) is 1. The lowest BCUT2D eigenvalue weighted by molar-refractivity contribution is 0.612. The summed E-state index contributed by atoms with van der Waals surface area (Å²) in [4.78, 5) is 8.30. The number of nitrogen functional groups attached to an aromatic ring is 1. The molecule has 0 saturated carbocycles. The van der Waals surface area contributed by atoms with Crippen LogP contribution in [0, 0.1) is 5.82 Å². The molecule has 0 aliphatic rings. The molecule has 0 aliphatic carbocycles. The Morgan fingerprint density at radius 3 is 2.55 bits per heavy atom. The number of hydrazine groups is 1. The van der Waals surface area contributed by atoms with Crippen molar-refractivity contribution >= 4 is 11.6 Å². The summed E-state index contributed by atoms with van der Waals surface area (Å²) in [6.45, 7) is 4.40. The van der Waals surface area contributed by atoms with Gasteiger partial charge in [-0.15, -0.1) is 0 Å². The Morgan fingerprint density at radius 2 is 1.90 bits per heavy atom. The molecule has 0 fully saturated rings. The van der Waals surface area contributed by atoms with Gasteiger partial charge in [0, 0.05) is 17.7 Å². The summed E-state index contributed by atoms with van der Waals surface area (Å²) in [5.74, 6) is 6.64. The van der Waals surface area contributed by atoms with Crippen molar-refractivity contribution in [1.82, 2.24) is 9.97 Å². The monoisotopic (exact) mass is 275 g/mol. The molecule has 4 N–H and O–H groups in total. The molecule has 0 radical (unpaired) electrons. The number of hydrogen-bond donors (Lipinski definition) is 3. The topological polar surface area (TPSA) is 75.9 Å². The first-order chi connectivity index (χ1) is 9.63. The SMILES string of the molecule is CC(C)c1c(NN)ncnc1NCc1ccccc1F. The second kappa shape index (κ2) is 6.29. The summed E-state index contributed by atoms with van der Waals surface area (Å²) in [5, 5.41) is 3.14. The van der Waals surface area contributed by atoms with Crippen LogP contribution < -0.4 is 16.6 Å². The lowest BCUT2D eigenvalue weighted by Crippen LogP contribution is -2.15. The van der Waals surface area contributed by atoms with Crippen LogP contribution in [0.5, 0.6) is 0 Å². The highest BCUT2D eigenvalue weighted by atomic mass is 19.1. The van der Waals surface area contributed by atoms with Crippen LogP contribution in [0.2, 0.25) is 0 Å². The largest absolute Gasteiger partial charge is 0.365 e. The quantitative estimate of drug-likeness (QED) is 0.577. The molecule has 2 rings (SSSR count). The molecule has 0 saturated heterocycles. The molecule has 5 nitrogen and oxygen atoms in total. The molecule has 20 heavy (non-hydrogen) atoms. The Balaban J connectivity index is 2.24. The molecule has 0 unspecified atom stereocenters. The maximum absolute atomic E-state index is 13.6. The molecule has 2 aromatic rings. The zero-order valence-electron chi connectivity index (χ0n) is 11.5. The van der Waals surface area contributed by atoms with Crippen LogP contribution in [0.1, 0.15) is 30.9 Å². The molecular weight excluding hydrogens is 257 g/mol. The number of nitrogens with one attached hydrogen (secondary N) is 2. The molecule has 0 amide bonds. The first-order valence-electron chi connectivity index (χ1n) is 6.42. The zero-order chi connectivity index (χ0) is 14.5. The van der Waals surface area contributed by atoms with E-state index in [-0.39, 0.29) is 11.7 Å². The third kappa shape index (κ3) is 3.03. The second-order valence-electron chi connectivity index (χ2n) is 4.73. The average Bonchev–Trinajstić information content (AvgIpc) is 2.45. The first-order valence-corrected chi connectivity index (χ1v) is 6.42. The molecule has 0 atom stereocenters. The standard InChI is InChI=1S/C14H18FN5/c1-9(2)12-13(18-8-19-14(12)20-16)17-7-10-5-3-4-6-11(10)15/h3-6,8-9H,7,16H2,1-2H3,(H2,17,18,19,20). The molecule has 1 aromatic carbocycles. The minimum Gasteiger partial charge on any atom is -0.365 e. The highest BCUT2D eigenvalue weighted by molar-refractivity contribution is 5.58. The van der Waals surface area contributed by atoms with E-state index < -0.39 is 0 Å². The average molecular weight is 275 g/mol. The number of rotatable bonds is 5. The molecular formula is C14H18FN5. The van der Waals surface area contributed by atoms with Gasteiger partial charge in [0.1, 0.15) is 23.8 Å². The van der Waals surface area contributed by atoms with E-state index in [0.29, 0.717) is 23.7 Å². The van der Waals surface area contributed by atoms with Crippen LogP contribution in [0.3, 0.4) is 0 Å². The molecule has 106 valence electrons. The summed E-state index contributed by atoms with van der Waals surface area (Å²) in [7, 11) is 0. The van der Waals surface area contributed by atoms with E-state index in [0.717, 1.165) is 5.56 Å². The van der Waals surface area contributed by atoms with E-state index in [1.165, 1.54) is 12.4 Å². The first kappa shape index (κ1) is 14.2. The number of anilines is 2. The third-order valence-electron chi connectivity index (χ3n) is 3.00. The number of hydrogen-bond acceptors (Lipinski definition) is 5. The Kier molecular flexibility index (Phi) is 4.47. The van der Waals surface area contributed by atoms with Crippen LogP contribution in [0.25, 0.3) is 0 Å². The lowest BCUT2D eigenvalue weighted by Gasteiger charge is -2.16. The maximum atomic E-state index is 13.6. The van der Waals surface area contributed by atoms with E-state index >= 15 is 0 Å². The predicted octanol–water partition coefficient (Wildman–Crippen LogP) is 2.64. The van der Waals surface area contributed by atoms with Crippen molar-refractivity contribution in [1.29, 1.82) is 0 Å². The van der Waals surface area contributed by atoms with E-state index in [9.17, 15) is 4.39 Å². The molecule has 0 spiro atoms. The van der Waals surface area contributed by atoms with Crippen LogP contribution in [0.15, 0.2) is 30.6 Å². The minimum atomic E-state index is -0.239. The summed E-state index contributed by atoms with van der Waals surface area (Å²) in [5.41, 5.74) is 4.03. The highest BCUT2D eigenvalue weighted by Gasteiger charge is 2.14. The normalized spacial score (nSPS) is 10.7. The van der Waals surface area contributed by atoms with Gasteiger partial charge in [0.15, 0.2) is 0 Å². The summed E-state index contributed by atoms with van der Waals surface area (Å²) in [6.07, 6.45) is 1.42. The van der Waals surface area contributed by atoms with Crippen LogP contribution in [0.4, 0.5) is 16.0 Å². The molecule has 1 aromatic heterocycles. The van der Waals surface area contributed by atoms with Crippen molar-refractivity contribution in [3.8, 4) is 0 Å². The third-order valence-corrected chi connectivity index (χ3v) is 3.00. The summed E-state index contributed by atoms with van der Waals surface area (Å²) in [6, 6.07) is 6.64. The van der Waals surface area contributed by atoms with Gasteiger partial charge in [-0.2, -0.15) is 0 Å². The van der Waals surface area contributed by atoms with Gasteiger partial charge < -0.3 is 10.7 Å². The lowest BCUT2D eigenvalue weighted by atomic mass is 10.0. The minimum absolute atomic E-state index is 0.186. The van der Waals surface area contributed by atoms with Crippen molar-refractivity contribution in [2.24, 2.45) is 5.84 Å². The molecule has 0 aliphatic heterocycles. The van der Waals surface area contributed by atoms with Crippen LogP contribution >= 0.6 is 0 Å². The zero-order valence-corrected chi connectivity index (χ0v) is 11.5. The Bertz CT molecular complexity index is 586. The Hall–Kier alpha value is -2.21. The fourth-order valence-electron chi connectivity index (χ4n) is 2.02. The summed E-state index contributed by atoms with van der Waals surface area (Å²) >= 11 is 0. The van der Waals surface area contributed by atoms with E-state index in [4.69, 9.17) is 5.84 Å². The van der Waals surface area contributed by atoms with Gasteiger partial charge in [0.05, 0.1) is 0 Å². The van der Waals surface area contributed by atoms with E-state index in [1.54, 1.807) is 18.2 Å². The molecule has 0 bridgehead atoms. The number of nitrogens with zero attached hydrogens (tertiary/aromatic N) is 2. The van der Waals surface area contributed by atoms with Crippen molar-refractivity contribution in [2.75, 3.05) is 10.7 Å². The summed E-state index contributed by atoms with van der Waals surface area (Å²) < 4.78 is 13.6. The number of aromatic nitrogens is 2.